The molecule has 0 aliphatic carbocycles. The van der Waals surface area contributed by atoms with Crippen molar-refractivity contribution < 1.29 is 9.53 Å². The Morgan fingerprint density at radius 2 is 2.06 bits per heavy atom. The molecule has 4 heteroatoms. The third-order valence-electron chi connectivity index (χ3n) is 2.41. The third kappa shape index (κ3) is 4.97. The highest BCUT2D eigenvalue weighted by atomic mass is 16.5. The summed E-state index contributed by atoms with van der Waals surface area (Å²) in [4.78, 5) is 11.8. The summed E-state index contributed by atoms with van der Waals surface area (Å²) in [5.41, 5.74) is 1.09. The number of rotatable bonds is 7. The Balaban J connectivity index is 2.41. The molecule has 1 rings (SSSR count). The number of nitrogens with one attached hydrogen (secondary N) is 2. The molecule has 2 N–H and O–H groups in total. The molecule has 0 aliphatic heterocycles. The molecule has 17 heavy (non-hydrogen) atoms. The SMILES string of the molecule is CCNC(COC)C(=O)NCc1ccccc1. The largest absolute Gasteiger partial charge is 0.383 e. The lowest BCUT2D eigenvalue weighted by Crippen LogP contribution is -2.46. The number of hydrogen-bond acceptors (Lipinski definition) is 3. The second-order valence-corrected chi connectivity index (χ2v) is 3.77. The van der Waals surface area contributed by atoms with Crippen LogP contribution >= 0.6 is 0 Å². The number of carbonyl (C=O) groups is 1. The Kier molecular flexibility index (Phi) is 6.29. The predicted octanol–water partition coefficient (Wildman–Crippen LogP) is 0.927. The third-order valence-corrected chi connectivity index (χ3v) is 2.41. The molecule has 1 atom stereocenters. The van der Waals surface area contributed by atoms with Gasteiger partial charge in [-0.15, -0.1) is 0 Å². The minimum Gasteiger partial charge on any atom is -0.383 e. The van der Waals surface area contributed by atoms with Crippen LogP contribution in [-0.4, -0.2) is 32.2 Å². The van der Waals surface area contributed by atoms with Crippen LogP contribution in [0.25, 0.3) is 0 Å². The van der Waals surface area contributed by atoms with E-state index in [9.17, 15) is 4.79 Å². The maximum Gasteiger partial charge on any atom is 0.239 e. The molecule has 0 bridgehead atoms. The molecule has 0 aliphatic rings. The Morgan fingerprint density at radius 3 is 2.65 bits per heavy atom. The van der Waals surface area contributed by atoms with Crippen LogP contribution in [0.4, 0.5) is 0 Å². The number of amides is 1. The number of hydrogen-bond donors (Lipinski definition) is 2. The van der Waals surface area contributed by atoms with Crippen molar-refractivity contribution in [1.82, 2.24) is 10.6 Å². The first-order chi connectivity index (χ1) is 8.27. The normalized spacial score (nSPS) is 12.1. The number of likely N-dealkylation sites (N-methyl/N-ethyl adjacent to an activating group) is 1. The van der Waals surface area contributed by atoms with E-state index in [1.165, 1.54) is 0 Å². The lowest BCUT2D eigenvalue weighted by atomic mass is 10.2. The quantitative estimate of drug-likeness (QED) is 0.740. The first-order valence-corrected chi connectivity index (χ1v) is 5.82. The summed E-state index contributed by atoms with van der Waals surface area (Å²) in [6.45, 7) is 3.64. The van der Waals surface area contributed by atoms with Crippen molar-refractivity contribution in [2.24, 2.45) is 0 Å². The van der Waals surface area contributed by atoms with Gasteiger partial charge in [0.1, 0.15) is 6.04 Å². The smallest absolute Gasteiger partial charge is 0.239 e. The average Bonchev–Trinajstić information content (AvgIpc) is 2.37. The van der Waals surface area contributed by atoms with Gasteiger partial charge in [-0.3, -0.25) is 4.79 Å². The van der Waals surface area contributed by atoms with Crippen LogP contribution in [0.5, 0.6) is 0 Å². The van der Waals surface area contributed by atoms with E-state index in [1.807, 2.05) is 37.3 Å². The summed E-state index contributed by atoms with van der Waals surface area (Å²) >= 11 is 0. The summed E-state index contributed by atoms with van der Waals surface area (Å²) in [5, 5.41) is 5.97. The molecule has 0 heterocycles. The van der Waals surface area contributed by atoms with E-state index in [4.69, 9.17) is 4.74 Å². The van der Waals surface area contributed by atoms with E-state index < -0.39 is 0 Å². The summed E-state index contributed by atoms with van der Waals surface area (Å²) in [5.74, 6) is -0.0300. The predicted molar refractivity (Wildman–Crippen MR) is 67.6 cm³/mol. The van der Waals surface area contributed by atoms with Crippen molar-refractivity contribution in [3.63, 3.8) is 0 Å². The van der Waals surface area contributed by atoms with Crippen LogP contribution in [0.1, 0.15) is 12.5 Å². The molecule has 1 amide bonds. The van der Waals surface area contributed by atoms with Gasteiger partial charge in [0, 0.05) is 13.7 Å². The van der Waals surface area contributed by atoms with Crippen molar-refractivity contribution in [2.45, 2.75) is 19.5 Å². The minimum absolute atomic E-state index is 0.0300. The Morgan fingerprint density at radius 1 is 1.35 bits per heavy atom. The monoisotopic (exact) mass is 236 g/mol. The summed E-state index contributed by atoms with van der Waals surface area (Å²) in [7, 11) is 1.59. The van der Waals surface area contributed by atoms with Crippen molar-refractivity contribution in [3.8, 4) is 0 Å². The van der Waals surface area contributed by atoms with Crippen LogP contribution in [0.3, 0.4) is 0 Å². The maximum absolute atomic E-state index is 11.8. The summed E-state index contributed by atoms with van der Waals surface area (Å²) in [6.07, 6.45) is 0. The molecular formula is C13H20N2O2. The molecule has 1 aromatic rings. The second-order valence-electron chi connectivity index (χ2n) is 3.77. The van der Waals surface area contributed by atoms with E-state index in [-0.39, 0.29) is 11.9 Å². The van der Waals surface area contributed by atoms with Crippen molar-refractivity contribution >= 4 is 5.91 Å². The van der Waals surface area contributed by atoms with Gasteiger partial charge in [0.15, 0.2) is 0 Å². The lowest BCUT2D eigenvalue weighted by molar-refractivity contribution is -0.124. The fourth-order valence-electron chi connectivity index (χ4n) is 1.55. The standard InChI is InChI=1S/C13H20N2O2/c1-3-14-12(10-17-2)13(16)15-9-11-7-5-4-6-8-11/h4-8,12,14H,3,9-10H2,1-2H3,(H,15,16). The van der Waals surface area contributed by atoms with Crippen LogP contribution in [0, 0.1) is 0 Å². The highest BCUT2D eigenvalue weighted by Gasteiger charge is 2.16. The number of ether oxygens (including phenoxy) is 1. The van der Waals surface area contributed by atoms with Crippen LogP contribution in [0.2, 0.25) is 0 Å². The zero-order valence-corrected chi connectivity index (χ0v) is 10.4. The lowest BCUT2D eigenvalue weighted by Gasteiger charge is -2.16. The molecule has 0 saturated heterocycles. The van der Waals surface area contributed by atoms with Gasteiger partial charge in [0.25, 0.3) is 0 Å². The summed E-state index contributed by atoms with van der Waals surface area (Å²) in [6, 6.07) is 9.56. The van der Waals surface area contributed by atoms with Crippen LogP contribution in [0.15, 0.2) is 30.3 Å². The van der Waals surface area contributed by atoms with E-state index in [2.05, 4.69) is 10.6 Å². The Labute approximate surface area is 102 Å². The molecule has 94 valence electrons. The highest BCUT2D eigenvalue weighted by Crippen LogP contribution is 1.97. The van der Waals surface area contributed by atoms with Crippen molar-refractivity contribution in [1.29, 1.82) is 0 Å². The highest BCUT2D eigenvalue weighted by molar-refractivity contribution is 5.81. The second kappa shape index (κ2) is 7.81. The maximum atomic E-state index is 11.8. The van der Waals surface area contributed by atoms with Crippen molar-refractivity contribution in [3.05, 3.63) is 35.9 Å². The van der Waals surface area contributed by atoms with Gasteiger partial charge in [-0.25, -0.2) is 0 Å². The van der Waals surface area contributed by atoms with Gasteiger partial charge >= 0.3 is 0 Å². The molecule has 1 aromatic carbocycles. The number of benzene rings is 1. The fourth-order valence-corrected chi connectivity index (χ4v) is 1.55. The van der Waals surface area contributed by atoms with Gasteiger partial charge in [-0.2, -0.15) is 0 Å². The minimum atomic E-state index is -0.284. The Hall–Kier alpha value is -1.39. The molecule has 0 aromatic heterocycles. The number of carbonyl (C=O) groups excluding carboxylic acids is 1. The molecule has 0 saturated carbocycles. The van der Waals surface area contributed by atoms with Gasteiger partial charge < -0.3 is 15.4 Å². The Bertz CT molecular complexity index is 321. The van der Waals surface area contributed by atoms with Crippen LogP contribution < -0.4 is 10.6 Å². The van der Waals surface area contributed by atoms with E-state index >= 15 is 0 Å². The topological polar surface area (TPSA) is 50.4 Å². The average molecular weight is 236 g/mol. The van der Waals surface area contributed by atoms with Gasteiger partial charge in [0.05, 0.1) is 6.61 Å². The van der Waals surface area contributed by atoms with E-state index in [1.54, 1.807) is 7.11 Å². The molecule has 4 nitrogen and oxygen atoms in total. The van der Waals surface area contributed by atoms with Gasteiger partial charge in [0.2, 0.25) is 5.91 Å². The number of methoxy groups -OCH3 is 1. The first-order valence-electron chi connectivity index (χ1n) is 5.82. The molecule has 0 radical (unpaired) electrons. The van der Waals surface area contributed by atoms with Crippen molar-refractivity contribution in [2.75, 3.05) is 20.3 Å². The fraction of sp³-hybridized carbons (Fsp3) is 0.462. The zero-order chi connectivity index (χ0) is 12.5. The molecule has 0 fully saturated rings. The van der Waals surface area contributed by atoms with Crippen LogP contribution in [-0.2, 0) is 16.1 Å². The first kappa shape index (κ1) is 13.7. The molecular weight excluding hydrogens is 216 g/mol. The molecule has 1 unspecified atom stereocenters. The van der Waals surface area contributed by atoms with E-state index in [0.29, 0.717) is 13.2 Å². The van der Waals surface area contributed by atoms with Gasteiger partial charge in [-0.1, -0.05) is 37.3 Å². The van der Waals surface area contributed by atoms with Gasteiger partial charge in [-0.05, 0) is 12.1 Å². The zero-order valence-electron chi connectivity index (χ0n) is 10.4. The molecule has 0 spiro atoms. The summed E-state index contributed by atoms with van der Waals surface area (Å²) < 4.78 is 5.01. The van der Waals surface area contributed by atoms with E-state index in [0.717, 1.165) is 12.1 Å².